The van der Waals surface area contributed by atoms with E-state index < -0.39 is 0 Å². The molecule has 4 heteroatoms. The number of halogens is 1. The summed E-state index contributed by atoms with van der Waals surface area (Å²) in [4.78, 5) is 8.29. The van der Waals surface area contributed by atoms with Crippen molar-refractivity contribution >= 4 is 17.4 Å². The fourth-order valence-electron chi connectivity index (χ4n) is 2.03. The summed E-state index contributed by atoms with van der Waals surface area (Å²) in [5, 5.41) is 3.81. The number of nitrogens with zero attached hydrogens (tertiary/aromatic N) is 2. The van der Waals surface area contributed by atoms with Crippen LogP contribution in [0.1, 0.15) is 31.9 Å². The van der Waals surface area contributed by atoms with Gasteiger partial charge in [-0.2, -0.15) is 0 Å². The van der Waals surface area contributed by atoms with Gasteiger partial charge in [0.05, 0.1) is 18.4 Å². The first-order valence-electron chi connectivity index (χ1n) is 6.44. The van der Waals surface area contributed by atoms with Crippen molar-refractivity contribution in [3.05, 3.63) is 53.4 Å². The Labute approximate surface area is 119 Å². The number of anilines is 1. The van der Waals surface area contributed by atoms with Gasteiger partial charge >= 0.3 is 0 Å². The first-order valence-corrected chi connectivity index (χ1v) is 6.82. The fraction of sp³-hybridized carbons (Fsp3) is 0.333. The summed E-state index contributed by atoms with van der Waals surface area (Å²) in [7, 11) is 0. The minimum atomic E-state index is 0.217. The predicted octanol–water partition coefficient (Wildman–Crippen LogP) is 4.33. The first kappa shape index (κ1) is 13.8. The standard InChI is InChI=1S/C15H18ClN3/c1-11(2)8-13(12-6-4-3-5-7-12)18-15-10-17-9-14(16)19-15/h3-7,9-11,13H,8H2,1-2H3,(H,18,19). The van der Waals surface area contributed by atoms with Crippen molar-refractivity contribution in [3.8, 4) is 0 Å². The molecule has 0 saturated carbocycles. The molecule has 100 valence electrons. The van der Waals surface area contributed by atoms with E-state index in [-0.39, 0.29) is 6.04 Å². The summed E-state index contributed by atoms with van der Waals surface area (Å²) in [5.41, 5.74) is 1.25. The predicted molar refractivity (Wildman–Crippen MR) is 79.3 cm³/mol. The van der Waals surface area contributed by atoms with E-state index in [0.29, 0.717) is 16.9 Å². The van der Waals surface area contributed by atoms with Gasteiger partial charge in [-0.25, -0.2) is 4.98 Å². The van der Waals surface area contributed by atoms with Gasteiger partial charge in [0.2, 0.25) is 0 Å². The van der Waals surface area contributed by atoms with Crippen molar-refractivity contribution < 1.29 is 0 Å². The molecule has 3 nitrogen and oxygen atoms in total. The summed E-state index contributed by atoms with van der Waals surface area (Å²) in [6, 6.07) is 10.6. The number of rotatable bonds is 5. The lowest BCUT2D eigenvalue weighted by molar-refractivity contribution is 0.530. The molecule has 2 rings (SSSR count). The van der Waals surface area contributed by atoms with Crippen LogP contribution < -0.4 is 5.32 Å². The monoisotopic (exact) mass is 275 g/mol. The van der Waals surface area contributed by atoms with Crippen LogP contribution in [0.15, 0.2) is 42.7 Å². The van der Waals surface area contributed by atoms with E-state index in [1.165, 1.54) is 11.8 Å². The van der Waals surface area contributed by atoms with Gasteiger partial charge in [-0.05, 0) is 17.9 Å². The highest BCUT2D eigenvalue weighted by molar-refractivity contribution is 6.29. The zero-order chi connectivity index (χ0) is 13.7. The summed E-state index contributed by atoms with van der Waals surface area (Å²) < 4.78 is 0. The number of benzene rings is 1. The van der Waals surface area contributed by atoms with Crippen LogP contribution in [0, 0.1) is 5.92 Å². The Morgan fingerprint density at radius 1 is 1.16 bits per heavy atom. The van der Waals surface area contributed by atoms with Crippen LogP contribution in [0.5, 0.6) is 0 Å². The van der Waals surface area contributed by atoms with Crippen LogP contribution in [-0.4, -0.2) is 9.97 Å². The second-order valence-corrected chi connectivity index (χ2v) is 5.35. The smallest absolute Gasteiger partial charge is 0.149 e. The zero-order valence-electron chi connectivity index (χ0n) is 11.2. The molecule has 0 saturated heterocycles. The van der Waals surface area contributed by atoms with Gasteiger partial charge in [0.1, 0.15) is 11.0 Å². The normalized spacial score (nSPS) is 12.4. The maximum absolute atomic E-state index is 5.87. The van der Waals surface area contributed by atoms with Crippen molar-refractivity contribution in [3.63, 3.8) is 0 Å². The van der Waals surface area contributed by atoms with E-state index in [9.17, 15) is 0 Å². The molecular weight excluding hydrogens is 258 g/mol. The molecule has 1 heterocycles. The van der Waals surface area contributed by atoms with Gasteiger partial charge in [0.25, 0.3) is 0 Å². The van der Waals surface area contributed by atoms with Crippen LogP contribution >= 0.6 is 11.6 Å². The van der Waals surface area contributed by atoms with Gasteiger partial charge in [0, 0.05) is 0 Å². The lowest BCUT2D eigenvalue weighted by Crippen LogP contribution is -2.14. The summed E-state index contributed by atoms with van der Waals surface area (Å²) >= 11 is 5.87. The quantitative estimate of drug-likeness (QED) is 0.883. The van der Waals surface area contributed by atoms with Gasteiger partial charge in [0.15, 0.2) is 0 Å². The summed E-state index contributed by atoms with van der Waals surface area (Å²) in [6.45, 7) is 4.42. The Balaban J connectivity index is 2.19. The van der Waals surface area contributed by atoms with Gasteiger partial charge < -0.3 is 5.32 Å². The largest absolute Gasteiger partial charge is 0.362 e. The van der Waals surface area contributed by atoms with Crippen LogP contribution in [0.3, 0.4) is 0 Å². The van der Waals surface area contributed by atoms with Gasteiger partial charge in [-0.1, -0.05) is 55.8 Å². The third kappa shape index (κ3) is 4.21. The Morgan fingerprint density at radius 3 is 2.53 bits per heavy atom. The fourth-order valence-corrected chi connectivity index (χ4v) is 2.17. The Hall–Kier alpha value is -1.61. The minimum Gasteiger partial charge on any atom is -0.362 e. The van der Waals surface area contributed by atoms with Crippen molar-refractivity contribution in [2.24, 2.45) is 5.92 Å². The molecule has 0 aliphatic carbocycles. The van der Waals surface area contributed by atoms with Gasteiger partial charge in [-0.3, -0.25) is 4.98 Å². The highest BCUT2D eigenvalue weighted by Crippen LogP contribution is 2.25. The molecule has 0 radical (unpaired) electrons. The van der Waals surface area contributed by atoms with E-state index in [4.69, 9.17) is 11.6 Å². The molecule has 0 fully saturated rings. The van der Waals surface area contributed by atoms with E-state index >= 15 is 0 Å². The number of nitrogens with one attached hydrogen (secondary N) is 1. The Morgan fingerprint density at radius 2 is 1.89 bits per heavy atom. The van der Waals surface area contributed by atoms with Crippen molar-refractivity contribution in [1.29, 1.82) is 0 Å². The molecular formula is C15H18ClN3. The molecule has 0 aliphatic heterocycles. The van der Waals surface area contributed by atoms with E-state index in [1.54, 1.807) is 6.20 Å². The number of aromatic nitrogens is 2. The molecule has 0 bridgehead atoms. The maximum atomic E-state index is 5.87. The molecule has 2 aromatic rings. The highest BCUT2D eigenvalue weighted by atomic mass is 35.5. The average molecular weight is 276 g/mol. The van der Waals surface area contributed by atoms with E-state index in [1.807, 2.05) is 18.2 Å². The van der Waals surface area contributed by atoms with Crippen molar-refractivity contribution in [2.45, 2.75) is 26.3 Å². The molecule has 1 unspecified atom stereocenters. The molecule has 0 amide bonds. The number of hydrogen-bond acceptors (Lipinski definition) is 3. The van der Waals surface area contributed by atoms with Crippen LogP contribution in [-0.2, 0) is 0 Å². The molecule has 1 aromatic carbocycles. The SMILES string of the molecule is CC(C)CC(Nc1cncc(Cl)n1)c1ccccc1. The van der Waals surface area contributed by atoms with E-state index in [2.05, 4.69) is 41.3 Å². The molecule has 19 heavy (non-hydrogen) atoms. The maximum Gasteiger partial charge on any atom is 0.149 e. The second kappa shape index (κ2) is 6.53. The molecule has 0 aliphatic rings. The average Bonchev–Trinajstić information content (AvgIpc) is 2.38. The summed E-state index contributed by atoms with van der Waals surface area (Å²) in [6.07, 6.45) is 4.26. The van der Waals surface area contributed by atoms with Crippen molar-refractivity contribution in [2.75, 3.05) is 5.32 Å². The zero-order valence-corrected chi connectivity index (χ0v) is 11.9. The lowest BCUT2D eigenvalue weighted by atomic mass is 9.97. The van der Waals surface area contributed by atoms with Gasteiger partial charge in [-0.15, -0.1) is 0 Å². The summed E-state index contributed by atoms with van der Waals surface area (Å²) in [5.74, 6) is 1.30. The Bertz CT molecular complexity index is 514. The molecule has 1 atom stereocenters. The van der Waals surface area contributed by atoms with Crippen molar-refractivity contribution in [1.82, 2.24) is 9.97 Å². The van der Waals surface area contributed by atoms with Crippen LogP contribution in [0.2, 0.25) is 5.15 Å². The molecule has 1 N–H and O–H groups in total. The third-order valence-corrected chi connectivity index (χ3v) is 3.02. The molecule has 1 aromatic heterocycles. The third-order valence-electron chi connectivity index (χ3n) is 2.84. The Kier molecular flexibility index (Phi) is 4.74. The second-order valence-electron chi connectivity index (χ2n) is 4.96. The van der Waals surface area contributed by atoms with E-state index in [0.717, 1.165) is 6.42 Å². The highest BCUT2D eigenvalue weighted by Gasteiger charge is 2.13. The minimum absolute atomic E-state index is 0.217. The number of hydrogen-bond donors (Lipinski definition) is 1. The van der Waals surface area contributed by atoms with Crippen LogP contribution in [0.25, 0.3) is 0 Å². The topological polar surface area (TPSA) is 37.8 Å². The molecule has 0 spiro atoms. The lowest BCUT2D eigenvalue weighted by Gasteiger charge is -2.21. The first-order chi connectivity index (χ1) is 9.15. The van der Waals surface area contributed by atoms with Crippen LogP contribution in [0.4, 0.5) is 5.82 Å².